The summed E-state index contributed by atoms with van der Waals surface area (Å²) in [5.41, 5.74) is 0.762. The van der Waals surface area contributed by atoms with Gasteiger partial charge in [-0.2, -0.15) is 0 Å². The van der Waals surface area contributed by atoms with Crippen LogP contribution in [0.25, 0.3) is 0 Å². The molecule has 12 heavy (non-hydrogen) atoms. The van der Waals surface area contributed by atoms with Crippen LogP contribution in [0.2, 0.25) is 0 Å². The molecule has 1 saturated heterocycles. The summed E-state index contributed by atoms with van der Waals surface area (Å²) >= 11 is 0. The van der Waals surface area contributed by atoms with Gasteiger partial charge in [-0.1, -0.05) is 27.2 Å². The van der Waals surface area contributed by atoms with Crippen LogP contribution in [0, 0.1) is 11.3 Å². The van der Waals surface area contributed by atoms with Crippen LogP contribution in [0.3, 0.4) is 0 Å². The second-order valence-corrected chi connectivity index (χ2v) is 4.29. The second-order valence-electron chi connectivity index (χ2n) is 4.29. The van der Waals surface area contributed by atoms with E-state index in [2.05, 4.69) is 12.2 Å². The van der Waals surface area contributed by atoms with Crippen molar-refractivity contribution in [2.24, 2.45) is 11.3 Å². The summed E-state index contributed by atoms with van der Waals surface area (Å²) in [6.45, 7) is 8.92. The lowest BCUT2D eigenvalue weighted by atomic mass is 9.63. The number of rotatable bonds is 0. The Kier molecular flexibility index (Phi) is 3.57. The minimum absolute atomic E-state index is 0.762. The Morgan fingerprint density at radius 1 is 1.25 bits per heavy atom. The Labute approximate surface area is 76.9 Å². The smallest absolute Gasteiger partial charge is 0.000803 e. The molecule has 72 valence electrons. The summed E-state index contributed by atoms with van der Waals surface area (Å²) in [7, 11) is 0. The summed E-state index contributed by atoms with van der Waals surface area (Å²) < 4.78 is 0. The predicted octanol–water partition coefficient (Wildman–Crippen LogP) is 2.81. The van der Waals surface area contributed by atoms with Gasteiger partial charge in [0.1, 0.15) is 0 Å². The summed E-state index contributed by atoms with van der Waals surface area (Å²) in [5.74, 6) is 0.925. The van der Waals surface area contributed by atoms with E-state index < -0.39 is 0 Å². The second kappa shape index (κ2) is 4.27. The van der Waals surface area contributed by atoms with E-state index in [0.717, 1.165) is 11.3 Å². The number of hydrogen-bond donors (Lipinski definition) is 1. The molecule has 0 aromatic rings. The van der Waals surface area contributed by atoms with Gasteiger partial charge in [0.05, 0.1) is 0 Å². The number of piperidine rings is 1. The average molecular weight is 169 g/mol. The first-order valence-electron chi connectivity index (χ1n) is 5.52. The van der Waals surface area contributed by atoms with E-state index in [1.807, 2.05) is 13.8 Å². The van der Waals surface area contributed by atoms with Crippen molar-refractivity contribution >= 4 is 0 Å². The fourth-order valence-corrected chi connectivity index (χ4v) is 2.52. The van der Waals surface area contributed by atoms with Gasteiger partial charge in [0.25, 0.3) is 0 Å². The van der Waals surface area contributed by atoms with Crippen molar-refractivity contribution in [3.63, 3.8) is 0 Å². The lowest BCUT2D eigenvalue weighted by Crippen LogP contribution is -2.47. The molecule has 0 aromatic carbocycles. The van der Waals surface area contributed by atoms with Crippen molar-refractivity contribution < 1.29 is 0 Å². The molecule has 1 aliphatic carbocycles. The summed E-state index contributed by atoms with van der Waals surface area (Å²) in [5, 5.41) is 3.53. The quantitative estimate of drug-likeness (QED) is 0.588. The van der Waals surface area contributed by atoms with Gasteiger partial charge in [0.15, 0.2) is 0 Å². The monoisotopic (exact) mass is 169 g/mol. The Bertz CT molecular complexity index is 127. The molecule has 2 fully saturated rings. The first-order chi connectivity index (χ1) is 5.81. The highest BCUT2D eigenvalue weighted by Gasteiger charge is 2.39. The van der Waals surface area contributed by atoms with E-state index in [0.29, 0.717) is 0 Å². The Balaban J connectivity index is 0.000000336. The fraction of sp³-hybridized carbons (Fsp3) is 1.00. The molecule has 1 aliphatic heterocycles. The lowest BCUT2D eigenvalue weighted by molar-refractivity contribution is 0.0678. The van der Waals surface area contributed by atoms with Gasteiger partial charge >= 0.3 is 0 Å². The highest BCUT2D eigenvalue weighted by Crippen LogP contribution is 2.46. The maximum atomic E-state index is 3.53. The van der Waals surface area contributed by atoms with Crippen molar-refractivity contribution in [1.82, 2.24) is 5.32 Å². The molecule has 0 bridgehead atoms. The van der Waals surface area contributed by atoms with E-state index in [1.54, 1.807) is 0 Å². The van der Waals surface area contributed by atoms with Gasteiger partial charge in [0, 0.05) is 6.54 Å². The molecule has 1 nitrogen and oxygen atoms in total. The number of hydrogen-bond acceptors (Lipinski definition) is 1. The highest BCUT2D eigenvalue weighted by atomic mass is 14.9. The van der Waals surface area contributed by atoms with Crippen molar-refractivity contribution in [3.8, 4) is 0 Å². The van der Waals surface area contributed by atoms with E-state index in [4.69, 9.17) is 0 Å². The minimum atomic E-state index is 0.762. The molecule has 0 radical (unpaired) electrons. The van der Waals surface area contributed by atoms with Gasteiger partial charge in [-0.25, -0.2) is 0 Å². The Morgan fingerprint density at radius 2 is 1.92 bits per heavy atom. The Hall–Kier alpha value is -0.0400. The molecule has 1 spiro atoms. The molecule has 1 unspecified atom stereocenters. The zero-order chi connectivity index (χ0) is 9.03. The zero-order valence-corrected chi connectivity index (χ0v) is 8.82. The molecule has 0 aromatic heterocycles. The van der Waals surface area contributed by atoms with E-state index in [9.17, 15) is 0 Å². The van der Waals surface area contributed by atoms with E-state index in [1.165, 1.54) is 38.8 Å². The van der Waals surface area contributed by atoms with Crippen LogP contribution in [-0.4, -0.2) is 13.1 Å². The SMILES string of the molecule is CC.CC1CNCC2(CCC2)C1. The molecule has 2 rings (SSSR count). The molecule has 1 heterocycles. The molecule has 1 saturated carbocycles. The molecule has 1 heteroatoms. The highest BCUT2D eigenvalue weighted by molar-refractivity contribution is 4.93. The number of nitrogens with one attached hydrogen (secondary N) is 1. The van der Waals surface area contributed by atoms with Crippen LogP contribution in [0.1, 0.15) is 46.5 Å². The largest absolute Gasteiger partial charge is 0.316 e. The summed E-state index contributed by atoms with van der Waals surface area (Å²) in [6, 6.07) is 0. The van der Waals surface area contributed by atoms with Gasteiger partial charge < -0.3 is 5.32 Å². The molecule has 1 N–H and O–H groups in total. The zero-order valence-electron chi connectivity index (χ0n) is 8.82. The average Bonchev–Trinajstić information content (AvgIpc) is 2.06. The van der Waals surface area contributed by atoms with Crippen molar-refractivity contribution in [1.29, 1.82) is 0 Å². The molecule has 0 amide bonds. The van der Waals surface area contributed by atoms with Crippen molar-refractivity contribution in [2.45, 2.75) is 46.5 Å². The molecule has 2 aliphatic rings. The van der Waals surface area contributed by atoms with Gasteiger partial charge in [0.2, 0.25) is 0 Å². The van der Waals surface area contributed by atoms with Gasteiger partial charge in [-0.3, -0.25) is 0 Å². The first kappa shape index (κ1) is 10.0. The maximum absolute atomic E-state index is 3.53. The summed E-state index contributed by atoms with van der Waals surface area (Å²) in [4.78, 5) is 0. The molecular formula is C11H23N. The van der Waals surface area contributed by atoms with E-state index in [-0.39, 0.29) is 0 Å². The van der Waals surface area contributed by atoms with Crippen LogP contribution in [0.5, 0.6) is 0 Å². The maximum Gasteiger partial charge on any atom is 0.000803 e. The molecule has 1 atom stereocenters. The molecular weight excluding hydrogens is 146 g/mol. The lowest BCUT2D eigenvalue weighted by Gasteiger charge is -2.47. The van der Waals surface area contributed by atoms with Crippen LogP contribution in [0.4, 0.5) is 0 Å². The fourth-order valence-electron chi connectivity index (χ4n) is 2.52. The topological polar surface area (TPSA) is 12.0 Å². The summed E-state index contributed by atoms with van der Waals surface area (Å²) in [6.07, 6.45) is 5.95. The minimum Gasteiger partial charge on any atom is -0.316 e. The van der Waals surface area contributed by atoms with Gasteiger partial charge in [-0.15, -0.1) is 0 Å². The predicted molar refractivity (Wildman–Crippen MR) is 54.3 cm³/mol. The van der Waals surface area contributed by atoms with Gasteiger partial charge in [-0.05, 0) is 37.1 Å². The third-order valence-electron chi connectivity index (χ3n) is 3.19. The third-order valence-corrected chi connectivity index (χ3v) is 3.19. The Morgan fingerprint density at radius 3 is 2.25 bits per heavy atom. The first-order valence-corrected chi connectivity index (χ1v) is 5.52. The van der Waals surface area contributed by atoms with Crippen molar-refractivity contribution in [2.75, 3.05) is 13.1 Å². The normalized spacial score (nSPS) is 31.8. The van der Waals surface area contributed by atoms with Crippen LogP contribution >= 0.6 is 0 Å². The van der Waals surface area contributed by atoms with Crippen molar-refractivity contribution in [3.05, 3.63) is 0 Å². The standard InChI is InChI=1S/C9H17N.C2H6/c1-8-5-9(3-2-4-9)7-10-6-8;1-2/h8,10H,2-7H2,1H3;1-2H3. The van der Waals surface area contributed by atoms with Crippen LogP contribution in [-0.2, 0) is 0 Å². The van der Waals surface area contributed by atoms with Crippen LogP contribution in [0.15, 0.2) is 0 Å². The van der Waals surface area contributed by atoms with Crippen LogP contribution < -0.4 is 5.32 Å². The third kappa shape index (κ3) is 2.01. The van der Waals surface area contributed by atoms with E-state index >= 15 is 0 Å².